The number of benzene rings is 2. The average molecular weight is 459 g/mol. The van der Waals surface area contributed by atoms with Gasteiger partial charge in [-0.2, -0.15) is 0 Å². The molecule has 2 aromatic carbocycles. The smallest absolute Gasteiger partial charge is 0.254 e. The predicted octanol–water partition coefficient (Wildman–Crippen LogP) is 6.55. The van der Waals surface area contributed by atoms with Crippen molar-refractivity contribution in [3.8, 4) is 11.3 Å². The molecule has 0 radical (unpaired) electrons. The van der Waals surface area contributed by atoms with Crippen molar-refractivity contribution in [1.82, 2.24) is 4.90 Å². The minimum atomic E-state index is 0.0303. The number of hydrogen-bond donors (Lipinski definition) is 1. The van der Waals surface area contributed by atoms with Gasteiger partial charge in [-0.3, -0.25) is 9.59 Å². The number of hydrogen-bond acceptors (Lipinski definition) is 3. The summed E-state index contributed by atoms with van der Waals surface area (Å²) in [6, 6.07) is 19.2. The largest absolute Gasteiger partial charge is 0.461 e. The summed E-state index contributed by atoms with van der Waals surface area (Å²) in [6.45, 7) is 9.89. The summed E-state index contributed by atoms with van der Waals surface area (Å²) >= 11 is 0. The van der Waals surface area contributed by atoms with Crippen LogP contribution in [0, 0.1) is 11.3 Å². The van der Waals surface area contributed by atoms with Gasteiger partial charge in [0.25, 0.3) is 5.91 Å². The number of carbonyl (C=O) groups is 2. The number of anilines is 1. The molecule has 5 nitrogen and oxygen atoms in total. The van der Waals surface area contributed by atoms with Gasteiger partial charge in [0.1, 0.15) is 11.5 Å². The molecular weight excluding hydrogens is 424 g/mol. The molecule has 2 heterocycles. The van der Waals surface area contributed by atoms with Crippen molar-refractivity contribution in [3.05, 3.63) is 77.6 Å². The summed E-state index contributed by atoms with van der Waals surface area (Å²) in [5.74, 6) is 2.08. The Kier molecular flexibility index (Phi) is 6.92. The molecule has 34 heavy (non-hydrogen) atoms. The molecule has 178 valence electrons. The summed E-state index contributed by atoms with van der Waals surface area (Å²) in [6.07, 6.45) is 2.19. The number of nitrogens with one attached hydrogen (secondary N) is 1. The van der Waals surface area contributed by atoms with Crippen molar-refractivity contribution in [2.45, 2.75) is 53.5 Å². The topological polar surface area (TPSA) is 62.6 Å². The van der Waals surface area contributed by atoms with Gasteiger partial charge in [0, 0.05) is 48.3 Å². The van der Waals surface area contributed by atoms with Crippen LogP contribution in [-0.2, 0) is 17.8 Å². The van der Waals surface area contributed by atoms with E-state index in [1.807, 2.05) is 65.6 Å². The second kappa shape index (κ2) is 9.88. The predicted molar refractivity (Wildman–Crippen MR) is 136 cm³/mol. The van der Waals surface area contributed by atoms with Crippen molar-refractivity contribution in [1.29, 1.82) is 0 Å². The number of furan rings is 1. The fourth-order valence-corrected chi connectivity index (χ4v) is 4.81. The first-order valence-electron chi connectivity index (χ1n) is 12.0. The van der Waals surface area contributed by atoms with Gasteiger partial charge in [0.15, 0.2) is 0 Å². The molecule has 1 aliphatic rings. The van der Waals surface area contributed by atoms with Gasteiger partial charge < -0.3 is 14.6 Å². The van der Waals surface area contributed by atoms with Crippen LogP contribution in [0.5, 0.6) is 0 Å². The van der Waals surface area contributed by atoms with Crippen molar-refractivity contribution in [2.24, 2.45) is 11.3 Å². The molecule has 0 fully saturated rings. The number of carbonyl (C=O) groups excluding carboxylic acids is 2. The first-order valence-corrected chi connectivity index (χ1v) is 12.0. The van der Waals surface area contributed by atoms with E-state index in [1.165, 1.54) is 0 Å². The number of rotatable bonds is 6. The van der Waals surface area contributed by atoms with Crippen LogP contribution in [0.3, 0.4) is 0 Å². The lowest BCUT2D eigenvalue weighted by Gasteiger charge is -2.26. The SMILES string of the molecule is CC(CC(=O)Nc1cccc(-c2cc3c(o2)CCN(C(=O)c2ccccc2)C3)c1)CC(C)(C)C. The molecule has 1 unspecified atom stereocenters. The zero-order valence-corrected chi connectivity index (χ0v) is 20.6. The molecule has 1 N–H and O–H groups in total. The first kappa shape index (κ1) is 23.8. The molecule has 1 atom stereocenters. The van der Waals surface area contributed by atoms with Gasteiger partial charge in [-0.25, -0.2) is 0 Å². The molecule has 4 rings (SSSR count). The van der Waals surface area contributed by atoms with Crippen molar-refractivity contribution >= 4 is 17.5 Å². The maximum atomic E-state index is 12.8. The van der Waals surface area contributed by atoms with E-state index in [1.54, 1.807) is 0 Å². The fraction of sp³-hybridized carbons (Fsp3) is 0.379. The first-order chi connectivity index (χ1) is 16.2. The van der Waals surface area contributed by atoms with E-state index in [0.717, 1.165) is 34.8 Å². The molecule has 2 amide bonds. The highest BCUT2D eigenvalue weighted by Crippen LogP contribution is 2.32. The zero-order chi connectivity index (χ0) is 24.3. The Morgan fingerprint density at radius 3 is 2.56 bits per heavy atom. The van der Waals surface area contributed by atoms with Gasteiger partial charge >= 0.3 is 0 Å². The van der Waals surface area contributed by atoms with Crippen LogP contribution in [0.1, 0.15) is 62.2 Å². The lowest BCUT2D eigenvalue weighted by atomic mass is 9.84. The number of amides is 2. The molecule has 1 aliphatic heterocycles. The van der Waals surface area contributed by atoms with Crippen molar-refractivity contribution in [3.63, 3.8) is 0 Å². The fourth-order valence-electron chi connectivity index (χ4n) is 4.81. The highest BCUT2D eigenvalue weighted by Gasteiger charge is 2.25. The summed E-state index contributed by atoms with van der Waals surface area (Å²) in [7, 11) is 0. The van der Waals surface area contributed by atoms with Gasteiger partial charge in [0.05, 0.1) is 0 Å². The Labute approximate surface area is 202 Å². The Bertz CT molecular complexity index is 1160. The minimum absolute atomic E-state index is 0.0303. The molecule has 0 spiro atoms. The van der Waals surface area contributed by atoms with Crippen LogP contribution in [0.15, 0.2) is 65.1 Å². The lowest BCUT2D eigenvalue weighted by molar-refractivity contribution is -0.117. The van der Waals surface area contributed by atoms with Gasteiger partial charge in [-0.15, -0.1) is 0 Å². The third kappa shape index (κ3) is 5.96. The van der Waals surface area contributed by atoms with Crippen LogP contribution in [0.2, 0.25) is 0 Å². The van der Waals surface area contributed by atoms with E-state index in [2.05, 4.69) is 33.0 Å². The van der Waals surface area contributed by atoms with E-state index in [4.69, 9.17) is 4.42 Å². The van der Waals surface area contributed by atoms with Crippen LogP contribution < -0.4 is 5.32 Å². The summed E-state index contributed by atoms with van der Waals surface area (Å²) in [5.41, 5.74) is 3.63. The second-order valence-electron chi connectivity index (χ2n) is 10.6. The monoisotopic (exact) mass is 458 g/mol. The lowest BCUT2D eigenvalue weighted by Crippen LogP contribution is -2.35. The van der Waals surface area contributed by atoms with Gasteiger partial charge in [-0.1, -0.05) is 58.0 Å². The molecule has 1 aromatic heterocycles. The maximum Gasteiger partial charge on any atom is 0.254 e. The van der Waals surface area contributed by atoms with Crippen LogP contribution in [-0.4, -0.2) is 23.3 Å². The van der Waals surface area contributed by atoms with E-state index in [9.17, 15) is 9.59 Å². The normalized spacial score (nSPS) is 14.4. The van der Waals surface area contributed by atoms with Gasteiger partial charge in [0.2, 0.25) is 5.91 Å². The number of nitrogens with zero attached hydrogens (tertiary/aromatic N) is 1. The molecule has 0 bridgehead atoms. The summed E-state index contributed by atoms with van der Waals surface area (Å²) < 4.78 is 6.15. The standard InChI is InChI=1S/C29H34N2O3/c1-20(18-29(2,3)4)15-27(32)30-24-12-8-11-22(16-24)26-17-23-19-31(14-13-25(23)34-26)28(33)21-9-6-5-7-10-21/h5-12,16-17,20H,13-15,18-19H2,1-4H3,(H,30,32). The highest BCUT2D eigenvalue weighted by molar-refractivity contribution is 5.94. The molecule has 3 aromatic rings. The molecule has 0 saturated carbocycles. The van der Waals surface area contributed by atoms with Crippen molar-refractivity contribution < 1.29 is 14.0 Å². The van der Waals surface area contributed by atoms with Gasteiger partial charge in [-0.05, 0) is 48.1 Å². The van der Waals surface area contributed by atoms with E-state index >= 15 is 0 Å². The number of fused-ring (bicyclic) bond motifs is 1. The Morgan fingerprint density at radius 2 is 1.82 bits per heavy atom. The van der Waals surface area contributed by atoms with Crippen molar-refractivity contribution in [2.75, 3.05) is 11.9 Å². The third-order valence-corrected chi connectivity index (χ3v) is 6.10. The van der Waals surface area contributed by atoms with E-state index < -0.39 is 0 Å². The Hall–Kier alpha value is -3.34. The third-order valence-electron chi connectivity index (χ3n) is 6.10. The Balaban J connectivity index is 1.42. The van der Waals surface area contributed by atoms with E-state index in [0.29, 0.717) is 37.4 Å². The summed E-state index contributed by atoms with van der Waals surface area (Å²) in [5, 5.41) is 3.04. The molecular formula is C29H34N2O3. The van der Waals surface area contributed by atoms with Crippen LogP contribution >= 0.6 is 0 Å². The average Bonchev–Trinajstić information content (AvgIpc) is 3.21. The Morgan fingerprint density at radius 1 is 1.06 bits per heavy atom. The molecule has 0 saturated heterocycles. The second-order valence-corrected chi connectivity index (χ2v) is 10.6. The van der Waals surface area contributed by atoms with Crippen LogP contribution in [0.4, 0.5) is 5.69 Å². The highest BCUT2D eigenvalue weighted by atomic mass is 16.3. The zero-order valence-electron chi connectivity index (χ0n) is 20.6. The quantitative estimate of drug-likeness (QED) is 0.456. The van der Waals surface area contributed by atoms with Crippen LogP contribution in [0.25, 0.3) is 11.3 Å². The maximum absolute atomic E-state index is 12.8. The minimum Gasteiger partial charge on any atom is -0.461 e. The van der Waals surface area contributed by atoms with E-state index in [-0.39, 0.29) is 17.2 Å². The molecule has 5 heteroatoms. The molecule has 0 aliphatic carbocycles. The summed E-state index contributed by atoms with van der Waals surface area (Å²) in [4.78, 5) is 27.3.